The summed E-state index contributed by atoms with van der Waals surface area (Å²) in [5.74, 6) is 0.877. The maximum atomic E-state index is 11.4. The van der Waals surface area contributed by atoms with Crippen molar-refractivity contribution in [1.29, 1.82) is 0 Å². The highest BCUT2D eigenvalue weighted by atomic mass is 16.5. The number of nitrogens with one attached hydrogen (secondary N) is 1. The van der Waals surface area contributed by atoms with Crippen molar-refractivity contribution in [2.24, 2.45) is 17.6 Å². The molecule has 0 aromatic rings. The van der Waals surface area contributed by atoms with Gasteiger partial charge in [0.25, 0.3) is 0 Å². The fourth-order valence-electron chi connectivity index (χ4n) is 1.10. The summed E-state index contributed by atoms with van der Waals surface area (Å²) < 4.78 is 5.35. The molecule has 1 amide bonds. The molecule has 0 saturated heterocycles. The number of hydrogen-bond donors (Lipinski definition) is 2. The third-order valence-corrected chi connectivity index (χ3v) is 2.30. The topological polar surface area (TPSA) is 64.3 Å². The number of rotatable bonds is 8. The highest BCUT2D eigenvalue weighted by Crippen LogP contribution is 2.01. The number of ether oxygens (including phenoxy) is 1. The Bertz CT molecular complexity index is 193. The van der Waals surface area contributed by atoms with Crippen LogP contribution in [-0.2, 0) is 9.53 Å². The van der Waals surface area contributed by atoms with Crippen LogP contribution in [0.15, 0.2) is 0 Å². The first-order valence-electron chi connectivity index (χ1n) is 6.03. The molecule has 4 nitrogen and oxygen atoms in total. The lowest BCUT2D eigenvalue weighted by Gasteiger charge is -2.15. The zero-order chi connectivity index (χ0) is 12.6. The van der Waals surface area contributed by atoms with Gasteiger partial charge in [0, 0.05) is 25.6 Å². The molecule has 0 radical (unpaired) electrons. The van der Waals surface area contributed by atoms with Crippen molar-refractivity contribution in [2.45, 2.75) is 40.2 Å². The summed E-state index contributed by atoms with van der Waals surface area (Å²) in [4.78, 5) is 11.4. The fourth-order valence-corrected chi connectivity index (χ4v) is 1.10. The van der Waals surface area contributed by atoms with E-state index in [1.54, 1.807) is 0 Å². The molecule has 0 aromatic carbocycles. The Labute approximate surface area is 98.9 Å². The lowest BCUT2D eigenvalue weighted by Crippen LogP contribution is -2.36. The second-order valence-corrected chi connectivity index (χ2v) is 4.93. The van der Waals surface area contributed by atoms with Gasteiger partial charge in [0.1, 0.15) is 0 Å². The van der Waals surface area contributed by atoms with E-state index in [-0.39, 0.29) is 11.9 Å². The SMILES string of the molecule is CC(C)COCCNC(=O)CC(N)C(C)C. The first-order chi connectivity index (χ1) is 7.43. The lowest BCUT2D eigenvalue weighted by atomic mass is 10.0. The van der Waals surface area contributed by atoms with E-state index in [4.69, 9.17) is 10.5 Å². The quantitative estimate of drug-likeness (QED) is 0.615. The van der Waals surface area contributed by atoms with Gasteiger partial charge in [-0.3, -0.25) is 4.79 Å². The third kappa shape index (κ3) is 8.68. The molecule has 1 unspecified atom stereocenters. The van der Waals surface area contributed by atoms with Crippen LogP contribution in [0.3, 0.4) is 0 Å². The van der Waals surface area contributed by atoms with Gasteiger partial charge in [-0.25, -0.2) is 0 Å². The maximum absolute atomic E-state index is 11.4. The van der Waals surface area contributed by atoms with Crippen molar-refractivity contribution in [1.82, 2.24) is 5.32 Å². The summed E-state index contributed by atoms with van der Waals surface area (Å²) in [6, 6.07) is -0.0587. The molecule has 0 bridgehead atoms. The van der Waals surface area contributed by atoms with Crippen LogP contribution >= 0.6 is 0 Å². The van der Waals surface area contributed by atoms with Crippen molar-refractivity contribution >= 4 is 5.91 Å². The normalized spacial score (nSPS) is 13.2. The van der Waals surface area contributed by atoms with E-state index in [9.17, 15) is 4.79 Å². The molecular weight excluding hydrogens is 204 g/mol. The highest BCUT2D eigenvalue weighted by molar-refractivity contribution is 5.76. The summed E-state index contributed by atoms with van der Waals surface area (Å²) in [5.41, 5.74) is 5.80. The summed E-state index contributed by atoms with van der Waals surface area (Å²) in [7, 11) is 0. The molecule has 0 saturated carbocycles. The molecule has 16 heavy (non-hydrogen) atoms. The fraction of sp³-hybridized carbons (Fsp3) is 0.917. The zero-order valence-corrected chi connectivity index (χ0v) is 11.0. The molecular formula is C12H26N2O2. The predicted molar refractivity (Wildman–Crippen MR) is 66.1 cm³/mol. The highest BCUT2D eigenvalue weighted by Gasteiger charge is 2.12. The molecule has 0 spiro atoms. The summed E-state index contributed by atoms with van der Waals surface area (Å²) in [6.07, 6.45) is 0.391. The minimum atomic E-state index is -0.0587. The summed E-state index contributed by atoms with van der Waals surface area (Å²) >= 11 is 0. The zero-order valence-electron chi connectivity index (χ0n) is 11.0. The molecule has 4 heteroatoms. The van der Waals surface area contributed by atoms with Gasteiger partial charge in [0.05, 0.1) is 6.61 Å². The minimum Gasteiger partial charge on any atom is -0.379 e. The molecule has 0 aliphatic rings. The van der Waals surface area contributed by atoms with Crippen LogP contribution in [0.25, 0.3) is 0 Å². The minimum absolute atomic E-state index is 0.00865. The van der Waals surface area contributed by atoms with Gasteiger partial charge in [-0.15, -0.1) is 0 Å². The Morgan fingerprint density at radius 3 is 2.44 bits per heavy atom. The van der Waals surface area contributed by atoms with Crippen molar-refractivity contribution in [3.8, 4) is 0 Å². The van der Waals surface area contributed by atoms with Crippen LogP contribution in [0.1, 0.15) is 34.1 Å². The van der Waals surface area contributed by atoms with E-state index < -0.39 is 0 Å². The molecule has 0 rings (SSSR count). The molecule has 1 atom stereocenters. The Morgan fingerprint density at radius 2 is 1.94 bits per heavy atom. The average Bonchev–Trinajstić information content (AvgIpc) is 2.16. The molecule has 0 aromatic heterocycles. The van der Waals surface area contributed by atoms with Gasteiger partial charge in [0.2, 0.25) is 5.91 Å². The first-order valence-corrected chi connectivity index (χ1v) is 6.03. The second-order valence-electron chi connectivity index (χ2n) is 4.93. The smallest absolute Gasteiger partial charge is 0.221 e. The Hall–Kier alpha value is -0.610. The van der Waals surface area contributed by atoms with Gasteiger partial charge in [-0.2, -0.15) is 0 Å². The molecule has 0 aliphatic carbocycles. The molecule has 3 N–H and O–H groups in total. The molecule has 0 heterocycles. The van der Waals surface area contributed by atoms with E-state index in [1.807, 2.05) is 13.8 Å². The standard InChI is InChI=1S/C12H26N2O2/c1-9(2)8-16-6-5-14-12(15)7-11(13)10(3)4/h9-11H,5-8,13H2,1-4H3,(H,14,15). The van der Waals surface area contributed by atoms with Crippen LogP contribution in [0.4, 0.5) is 0 Å². The molecule has 96 valence electrons. The van der Waals surface area contributed by atoms with Crippen LogP contribution in [0.2, 0.25) is 0 Å². The predicted octanol–water partition coefficient (Wildman–Crippen LogP) is 1.15. The van der Waals surface area contributed by atoms with Crippen molar-refractivity contribution in [3.63, 3.8) is 0 Å². The van der Waals surface area contributed by atoms with Gasteiger partial charge < -0.3 is 15.8 Å². The van der Waals surface area contributed by atoms with Gasteiger partial charge in [0.15, 0.2) is 0 Å². The monoisotopic (exact) mass is 230 g/mol. The van der Waals surface area contributed by atoms with E-state index in [1.165, 1.54) is 0 Å². The lowest BCUT2D eigenvalue weighted by molar-refractivity contribution is -0.121. The van der Waals surface area contributed by atoms with E-state index in [2.05, 4.69) is 19.2 Å². The van der Waals surface area contributed by atoms with Gasteiger partial charge >= 0.3 is 0 Å². The number of amides is 1. The molecule has 0 aliphatic heterocycles. The van der Waals surface area contributed by atoms with Crippen molar-refractivity contribution in [2.75, 3.05) is 19.8 Å². The van der Waals surface area contributed by atoms with E-state index >= 15 is 0 Å². The van der Waals surface area contributed by atoms with Gasteiger partial charge in [-0.05, 0) is 11.8 Å². The summed E-state index contributed by atoms with van der Waals surface area (Å²) in [5, 5.41) is 2.80. The number of carbonyl (C=O) groups is 1. The summed E-state index contributed by atoms with van der Waals surface area (Å²) in [6.45, 7) is 10.1. The molecule has 0 fully saturated rings. The third-order valence-electron chi connectivity index (χ3n) is 2.30. The largest absolute Gasteiger partial charge is 0.379 e. The Balaban J connectivity index is 3.44. The Kier molecular flexibility index (Phi) is 8.21. The first kappa shape index (κ1) is 15.4. The van der Waals surface area contributed by atoms with E-state index in [0.29, 0.717) is 31.4 Å². The number of carbonyl (C=O) groups excluding carboxylic acids is 1. The van der Waals surface area contributed by atoms with Crippen LogP contribution in [0, 0.1) is 11.8 Å². The van der Waals surface area contributed by atoms with Crippen LogP contribution in [-0.4, -0.2) is 31.7 Å². The number of nitrogens with two attached hydrogens (primary N) is 1. The second kappa shape index (κ2) is 8.53. The van der Waals surface area contributed by atoms with Crippen molar-refractivity contribution < 1.29 is 9.53 Å². The average molecular weight is 230 g/mol. The van der Waals surface area contributed by atoms with Crippen LogP contribution in [0.5, 0.6) is 0 Å². The maximum Gasteiger partial charge on any atom is 0.221 e. The van der Waals surface area contributed by atoms with Crippen molar-refractivity contribution in [3.05, 3.63) is 0 Å². The van der Waals surface area contributed by atoms with Crippen LogP contribution < -0.4 is 11.1 Å². The Morgan fingerprint density at radius 1 is 1.31 bits per heavy atom. The number of hydrogen-bond acceptors (Lipinski definition) is 3. The van der Waals surface area contributed by atoms with E-state index in [0.717, 1.165) is 6.61 Å². The van der Waals surface area contributed by atoms with Gasteiger partial charge in [-0.1, -0.05) is 27.7 Å².